The van der Waals surface area contributed by atoms with Crippen molar-refractivity contribution in [3.63, 3.8) is 0 Å². The van der Waals surface area contributed by atoms with Crippen molar-refractivity contribution in [2.75, 3.05) is 11.4 Å². The van der Waals surface area contributed by atoms with E-state index >= 15 is 0 Å². The zero-order valence-electron chi connectivity index (χ0n) is 9.25. The van der Waals surface area contributed by atoms with Crippen molar-refractivity contribution in [2.24, 2.45) is 10.1 Å². The van der Waals surface area contributed by atoms with Crippen molar-refractivity contribution in [3.05, 3.63) is 23.8 Å². The van der Waals surface area contributed by atoms with E-state index in [-0.39, 0.29) is 17.3 Å². The summed E-state index contributed by atoms with van der Waals surface area (Å²) in [5.41, 5.74) is 1.32. The van der Waals surface area contributed by atoms with Crippen molar-refractivity contribution in [2.45, 2.75) is 11.4 Å². The largest absolute Gasteiger partial charge is 0.346 e. The van der Waals surface area contributed by atoms with Crippen molar-refractivity contribution >= 4 is 27.6 Å². The second kappa shape index (κ2) is 3.53. The number of nitrogens with one attached hydrogen (secondary N) is 1. The first-order valence-corrected chi connectivity index (χ1v) is 6.78. The Kier molecular flexibility index (Phi) is 2.19. The van der Waals surface area contributed by atoms with E-state index in [9.17, 15) is 13.2 Å². The number of nitrogens with two attached hydrogens (primary N) is 1. The number of anilines is 1. The lowest BCUT2D eigenvalue weighted by Gasteiger charge is -2.23. The average molecular weight is 266 g/mol. The molecule has 8 heteroatoms. The maximum absolute atomic E-state index is 11.7. The van der Waals surface area contributed by atoms with Gasteiger partial charge >= 0.3 is 0 Å². The van der Waals surface area contributed by atoms with Gasteiger partial charge in [0, 0.05) is 0 Å². The number of hydrogen-bond donors (Lipinski definition) is 2. The Hall–Kier alpha value is -1.93. The molecule has 0 saturated carbocycles. The van der Waals surface area contributed by atoms with Crippen molar-refractivity contribution < 1.29 is 13.2 Å². The molecule has 0 atom stereocenters. The van der Waals surface area contributed by atoms with Crippen molar-refractivity contribution in [1.82, 2.24) is 5.32 Å². The minimum atomic E-state index is -3.74. The maximum atomic E-state index is 11.7. The second-order valence-electron chi connectivity index (χ2n) is 4.06. The van der Waals surface area contributed by atoms with E-state index in [4.69, 9.17) is 5.14 Å². The van der Waals surface area contributed by atoms with Gasteiger partial charge in [0.2, 0.25) is 16.0 Å². The van der Waals surface area contributed by atoms with Crippen LogP contribution >= 0.6 is 0 Å². The molecule has 0 unspecified atom stereocenters. The summed E-state index contributed by atoms with van der Waals surface area (Å²) in [6, 6.07) is 4.42. The SMILES string of the molecule is NS(=O)(=O)c1ccc2c(c1)CN=C1NCC(=O)N12. The van der Waals surface area contributed by atoms with Crippen molar-refractivity contribution in [1.29, 1.82) is 0 Å². The van der Waals surface area contributed by atoms with Gasteiger partial charge in [-0.05, 0) is 23.8 Å². The quantitative estimate of drug-likeness (QED) is 0.690. The third-order valence-electron chi connectivity index (χ3n) is 2.88. The molecule has 0 aromatic heterocycles. The summed E-state index contributed by atoms with van der Waals surface area (Å²) in [6.45, 7) is 0.528. The summed E-state index contributed by atoms with van der Waals surface area (Å²) < 4.78 is 22.5. The third kappa shape index (κ3) is 1.57. The molecule has 0 bridgehead atoms. The number of amides is 1. The molecule has 2 heterocycles. The van der Waals surface area contributed by atoms with E-state index < -0.39 is 10.0 Å². The van der Waals surface area contributed by atoms with Crippen LogP contribution in [0.3, 0.4) is 0 Å². The van der Waals surface area contributed by atoms with E-state index in [2.05, 4.69) is 10.3 Å². The minimum absolute atomic E-state index is 0.0273. The molecular formula is C10H10N4O3S. The summed E-state index contributed by atoms with van der Waals surface area (Å²) >= 11 is 0. The highest BCUT2D eigenvalue weighted by molar-refractivity contribution is 7.89. The number of rotatable bonds is 1. The standard InChI is InChI=1S/C10H10N4O3S/c11-18(16,17)7-1-2-8-6(3-7)4-12-10-13-5-9(15)14(8)10/h1-3H,4-5H2,(H,12,13)(H2,11,16,17). The van der Waals surface area contributed by atoms with Gasteiger partial charge in [-0.3, -0.25) is 4.79 Å². The Bertz CT molecular complexity index is 680. The van der Waals surface area contributed by atoms with Gasteiger partial charge in [-0.15, -0.1) is 0 Å². The molecule has 18 heavy (non-hydrogen) atoms. The van der Waals surface area contributed by atoms with Gasteiger partial charge in [-0.25, -0.2) is 23.4 Å². The number of aliphatic imine (C=N–C) groups is 1. The van der Waals surface area contributed by atoms with Crippen LogP contribution in [0.25, 0.3) is 0 Å². The molecule has 1 fully saturated rings. The van der Waals surface area contributed by atoms with Crippen LogP contribution in [0.4, 0.5) is 5.69 Å². The molecule has 2 aliphatic rings. The summed E-state index contributed by atoms with van der Waals surface area (Å²) in [5.74, 6) is 0.397. The molecule has 3 rings (SSSR count). The van der Waals surface area contributed by atoms with Gasteiger partial charge < -0.3 is 5.32 Å². The molecular weight excluding hydrogens is 256 g/mol. The lowest BCUT2D eigenvalue weighted by atomic mass is 10.1. The highest BCUT2D eigenvalue weighted by Crippen LogP contribution is 2.29. The Balaban J connectivity index is 2.13. The van der Waals surface area contributed by atoms with E-state index in [0.717, 1.165) is 0 Å². The van der Waals surface area contributed by atoms with Gasteiger partial charge in [0.15, 0.2) is 0 Å². The third-order valence-corrected chi connectivity index (χ3v) is 3.79. The number of fused-ring (bicyclic) bond motifs is 3. The lowest BCUT2D eigenvalue weighted by Crippen LogP contribution is -2.35. The van der Waals surface area contributed by atoms with Gasteiger partial charge in [0.1, 0.15) is 0 Å². The molecule has 1 aromatic carbocycles. The van der Waals surface area contributed by atoms with Gasteiger partial charge in [0.25, 0.3) is 5.91 Å². The molecule has 3 N–H and O–H groups in total. The molecule has 0 radical (unpaired) electrons. The van der Waals surface area contributed by atoms with Crippen LogP contribution in [0, 0.1) is 0 Å². The fraction of sp³-hybridized carbons (Fsp3) is 0.200. The number of primary sulfonamides is 1. The summed E-state index contributed by atoms with van der Waals surface area (Å²) in [4.78, 5) is 17.4. The van der Waals surface area contributed by atoms with Crippen LogP contribution in [0.2, 0.25) is 0 Å². The van der Waals surface area contributed by atoms with Crippen LogP contribution < -0.4 is 15.4 Å². The molecule has 0 spiro atoms. The number of nitrogens with zero attached hydrogens (tertiary/aromatic N) is 2. The molecule has 1 saturated heterocycles. The number of carbonyl (C=O) groups excluding carboxylic acids is 1. The molecule has 7 nitrogen and oxygen atoms in total. The predicted octanol–water partition coefficient (Wildman–Crippen LogP) is -0.860. The lowest BCUT2D eigenvalue weighted by molar-refractivity contribution is -0.115. The Morgan fingerprint density at radius 3 is 2.89 bits per heavy atom. The first-order valence-electron chi connectivity index (χ1n) is 5.24. The van der Waals surface area contributed by atoms with Gasteiger partial charge in [-0.1, -0.05) is 0 Å². The zero-order chi connectivity index (χ0) is 12.9. The topological polar surface area (TPSA) is 105 Å². The maximum Gasteiger partial charge on any atom is 0.253 e. The average Bonchev–Trinajstić information content (AvgIpc) is 2.69. The normalized spacial score (nSPS) is 17.9. The van der Waals surface area contributed by atoms with Crippen LogP contribution in [0.15, 0.2) is 28.1 Å². The monoisotopic (exact) mass is 266 g/mol. The minimum Gasteiger partial charge on any atom is -0.346 e. The Morgan fingerprint density at radius 1 is 1.39 bits per heavy atom. The number of hydrogen-bond acceptors (Lipinski definition) is 5. The van der Waals surface area contributed by atoms with Gasteiger partial charge in [-0.2, -0.15) is 0 Å². The Labute approximate surface area is 103 Å². The molecule has 94 valence electrons. The molecule has 2 aliphatic heterocycles. The van der Waals surface area contributed by atoms with Crippen LogP contribution in [0.5, 0.6) is 0 Å². The number of guanidine groups is 1. The molecule has 1 amide bonds. The van der Waals surface area contributed by atoms with Crippen LogP contribution in [-0.2, 0) is 21.4 Å². The second-order valence-corrected chi connectivity index (χ2v) is 5.62. The fourth-order valence-electron chi connectivity index (χ4n) is 2.05. The highest BCUT2D eigenvalue weighted by Gasteiger charge is 2.32. The highest BCUT2D eigenvalue weighted by atomic mass is 32.2. The van der Waals surface area contributed by atoms with E-state index in [0.29, 0.717) is 23.8 Å². The van der Waals surface area contributed by atoms with Crippen LogP contribution in [-0.4, -0.2) is 26.8 Å². The van der Waals surface area contributed by atoms with Crippen LogP contribution in [0.1, 0.15) is 5.56 Å². The molecule has 0 aliphatic carbocycles. The van der Waals surface area contributed by atoms with Gasteiger partial charge in [0.05, 0.1) is 23.7 Å². The smallest absolute Gasteiger partial charge is 0.253 e. The first kappa shape index (κ1) is 11.2. The number of carbonyl (C=O) groups is 1. The number of sulfonamides is 1. The molecule has 1 aromatic rings. The Morgan fingerprint density at radius 2 is 2.17 bits per heavy atom. The van der Waals surface area contributed by atoms with E-state index in [1.165, 1.54) is 17.0 Å². The van der Waals surface area contributed by atoms with E-state index in [1.807, 2.05) is 0 Å². The fourth-order valence-corrected chi connectivity index (χ4v) is 2.61. The predicted molar refractivity (Wildman–Crippen MR) is 64.4 cm³/mol. The first-order chi connectivity index (χ1) is 8.47. The summed E-state index contributed by atoms with van der Waals surface area (Å²) in [6.07, 6.45) is 0. The van der Waals surface area contributed by atoms with Crippen molar-refractivity contribution in [3.8, 4) is 0 Å². The summed E-state index contributed by atoms with van der Waals surface area (Å²) in [7, 11) is -3.74. The number of benzene rings is 1. The summed E-state index contributed by atoms with van der Waals surface area (Å²) in [5, 5.41) is 7.94. The zero-order valence-corrected chi connectivity index (χ0v) is 10.1. The van der Waals surface area contributed by atoms with E-state index in [1.54, 1.807) is 6.07 Å².